The molecule has 1 aliphatic heterocycles. The highest BCUT2D eigenvalue weighted by Crippen LogP contribution is 2.11. The minimum Gasteiger partial charge on any atom is -0.445 e. The van der Waals surface area contributed by atoms with Gasteiger partial charge in [-0.25, -0.2) is 9.78 Å². The van der Waals surface area contributed by atoms with Crippen molar-refractivity contribution in [2.45, 2.75) is 45.5 Å². The minimum absolute atomic E-state index is 0.0192. The van der Waals surface area contributed by atoms with Crippen molar-refractivity contribution >= 4 is 23.7 Å². The number of Topliss-reactive ketones (excluding diaryl/α,β-unsaturated/α-hetero) is 1. The van der Waals surface area contributed by atoms with Crippen LogP contribution in [-0.4, -0.2) is 40.8 Å². The number of fused-ring (bicyclic) bond motifs is 2. The number of nitrogens with one attached hydrogen (secondary N) is 3. The molecular formula is C21H24N4O6. The van der Waals surface area contributed by atoms with E-state index in [-0.39, 0.29) is 31.4 Å². The van der Waals surface area contributed by atoms with Gasteiger partial charge in [0.2, 0.25) is 17.6 Å². The van der Waals surface area contributed by atoms with Gasteiger partial charge in [0.05, 0.1) is 12.7 Å². The fourth-order valence-corrected chi connectivity index (χ4v) is 3.02. The lowest BCUT2D eigenvalue weighted by Crippen LogP contribution is -2.56. The number of ketones is 1. The van der Waals surface area contributed by atoms with Gasteiger partial charge >= 0.3 is 6.09 Å². The molecule has 0 saturated heterocycles. The van der Waals surface area contributed by atoms with E-state index in [1.807, 2.05) is 30.3 Å². The van der Waals surface area contributed by atoms with E-state index in [0.29, 0.717) is 5.76 Å². The maximum atomic E-state index is 12.9. The van der Waals surface area contributed by atoms with Crippen LogP contribution in [0, 0.1) is 5.92 Å². The Hall–Kier alpha value is -3.69. The van der Waals surface area contributed by atoms with E-state index in [1.54, 1.807) is 13.8 Å². The average molecular weight is 428 g/mol. The second kappa shape index (κ2) is 9.88. The van der Waals surface area contributed by atoms with Crippen LogP contribution in [0.1, 0.15) is 31.1 Å². The summed E-state index contributed by atoms with van der Waals surface area (Å²) in [6.07, 6.45) is 0.642. The van der Waals surface area contributed by atoms with Crippen molar-refractivity contribution in [2.75, 3.05) is 0 Å². The average Bonchev–Trinajstić information content (AvgIpc) is 3.21. The van der Waals surface area contributed by atoms with E-state index in [0.717, 1.165) is 5.56 Å². The molecule has 2 bridgehead atoms. The summed E-state index contributed by atoms with van der Waals surface area (Å²) >= 11 is 0. The molecule has 0 spiro atoms. The lowest BCUT2D eigenvalue weighted by Gasteiger charge is -2.24. The summed E-state index contributed by atoms with van der Waals surface area (Å²) in [4.78, 5) is 53.6. The highest BCUT2D eigenvalue weighted by Gasteiger charge is 2.33. The predicted octanol–water partition coefficient (Wildman–Crippen LogP) is 0.852. The van der Waals surface area contributed by atoms with Gasteiger partial charge in [0.15, 0.2) is 0 Å². The highest BCUT2D eigenvalue weighted by molar-refractivity contribution is 6.38. The van der Waals surface area contributed by atoms with Crippen molar-refractivity contribution in [3.63, 3.8) is 0 Å². The number of oxazole rings is 1. The number of carbonyl (C=O) groups excluding carboxylic acids is 4. The fourth-order valence-electron chi connectivity index (χ4n) is 3.02. The van der Waals surface area contributed by atoms with Gasteiger partial charge < -0.3 is 25.1 Å². The zero-order valence-corrected chi connectivity index (χ0v) is 17.2. The van der Waals surface area contributed by atoms with Gasteiger partial charge in [0.1, 0.15) is 24.5 Å². The Morgan fingerprint density at radius 1 is 1.26 bits per heavy atom. The summed E-state index contributed by atoms with van der Waals surface area (Å²) in [6.45, 7) is 3.51. The van der Waals surface area contributed by atoms with Gasteiger partial charge in [-0.1, -0.05) is 44.2 Å². The topological polar surface area (TPSA) is 140 Å². The molecule has 0 radical (unpaired) electrons. The molecule has 1 aliphatic rings. The molecule has 3 amide bonds. The van der Waals surface area contributed by atoms with Crippen LogP contribution in [0.3, 0.4) is 0 Å². The Labute approximate surface area is 178 Å². The summed E-state index contributed by atoms with van der Waals surface area (Å²) in [5.74, 6) is -1.94. The lowest BCUT2D eigenvalue weighted by atomic mass is 10.0. The third-order valence-electron chi connectivity index (χ3n) is 4.70. The summed E-state index contributed by atoms with van der Waals surface area (Å²) in [5, 5.41) is 7.47. The van der Waals surface area contributed by atoms with Crippen molar-refractivity contribution in [1.29, 1.82) is 0 Å². The normalized spacial score (nSPS) is 17.1. The van der Waals surface area contributed by atoms with Gasteiger partial charge in [0, 0.05) is 6.42 Å². The Bertz CT molecular complexity index is 956. The molecule has 2 atom stereocenters. The zero-order valence-electron chi connectivity index (χ0n) is 17.2. The van der Waals surface area contributed by atoms with Gasteiger partial charge in [-0.05, 0) is 11.5 Å². The number of nitrogens with zero attached hydrogens (tertiary/aromatic N) is 1. The predicted molar refractivity (Wildman–Crippen MR) is 107 cm³/mol. The second-order valence-electron chi connectivity index (χ2n) is 7.46. The van der Waals surface area contributed by atoms with Crippen LogP contribution < -0.4 is 16.0 Å². The van der Waals surface area contributed by atoms with Crippen LogP contribution in [0.5, 0.6) is 0 Å². The number of benzene rings is 1. The fraction of sp³-hybridized carbons (Fsp3) is 0.381. The van der Waals surface area contributed by atoms with E-state index in [1.165, 1.54) is 6.20 Å². The molecule has 3 N–H and O–H groups in total. The Morgan fingerprint density at radius 2 is 2.00 bits per heavy atom. The van der Waals surface area contributed by atoms with Crippen LogP contribution in [-0.2, 0) is 38.7 Å². The first kappa shape index (κ1) is 22.0. The monoisotopic (exact) mass is 428 g/mol. The first-order valence-corrected chi connectivity index (χ1v) is 9.86. The lowest BCUT2D eigenvalue weighted by molar-refractivity contribution is -0.140. The molecular weight excluding hydrogens is 404 g/mol. The van der Waals surface area contributed by atoms with Crippen molar-refractivity contribution in [3.8, 4) is 0 Å². The summed E-state index contributed by atoms with van der Waals surface area (Å²) in [7, 11) is 0. The summed E-state index contributed by atoms with van der Waals surface area (Å²) < 4.78 is 10.6. The summed E-state index contributed by atoms with van der Waals surface area (Å²) in [5.41, 5.74) is 0.803. The molecule has 0 fully saturated rings. The summed E-state index contributed by atoms with van der Waals surface area (Å²) in [6, 6.07) is 6.98. The molecule has 2 unspecified atom stereocenters. The third-order valence-corrected chi connectivity index (χ3v) is 4.70. The molecule has 1 aromatic carbocycles. The van der Waals surface area contributed by atoms with Crippen molar-refractivity contribution < 1.29 is 28.3 Å². The Morgan fingerprint density at radius 3 is 2.71 bits per heavy atom. The first-order valence-electron chi connectivity index (χ1n) is 9.86. The minimum atomic E-state index is -1.16. The standard InChI is InChI=1S/C21H24N4O6/c1-12(2)17(25-21(29)30-11-13-6-4-3-5-7-13)19(27)24-15-8-14-9-22-16(31-14)10-23-20(28)18(15)26/h3-7,9,12,15,17H,8,10-11H2,1-2H3,(H,23,28)(H,24,27)(H,25,29). The quantitative estimate of drug-likeness (QED) is 0.580. The molecule has 3 rings (SSSR count). The first-order chi connectivity index (χ1) is 14.8. The Kier molecular flexibility index (Phi) is 7.01. The van der Waals surface area contributed by atoms with Crippen LogP contribution >= 0.6 is 0 Å². The number of hydrogen-bond donors (Lipinski definition) is 3. The molecule has 2 aromatic rings. The molecule has 10 heteroatoms. The van der Waals surface area contributed by atoms with E-state index < -0.39 is 35.8 Å². The maximum absolute atomic E-state index is 12.9. The molecule has 164 valence electrons. The number of alkyl carbamates (subject to hydrolysis) is 1. The van der Waals surface area contributed by atoms with Crippen molar-refractivity contribution in [2.24, 2.45) is 5.92 Å². The van der Waals surface area contributed by atoms with Gasteiger partial charge in [-0.3, -0.25) is 14.4 Å². The van der Waals surface area contributed by atoms with E-state index >= 15 is 0 Å². The van der Waals surface area contributed by atoms with Gasteiger partial charge in [0.25, 0.3) is 5.91 Å². The van der Waals surface area contributed by atoms with Crippen LogP contribution in [0.15, 0.2) is 40.9 Å². The number of ether oxygens (including phenoxy) is 1. The van der Waals surface area contributed by atoms with Gasteiger partial charge in [-0.2, -0.15) is 0 Å². The van der Waals surface area contributed by atoms with Crippen LogP contribution in [0.2, 0.25) is 0 Å². The highest BCUT2D eigenvalue weighted by atomic mass is 16.5. The molecule has 0 aliphatic carbocycles. The zero-order chi connectivity index (χ0) is 22.4. The van der Waals surface area contributed by atoms with Crippen LogP contribution in [0.4, 0.5) is 4.79 Å². The molecule has 1 aromatic heterocycles. The van der Waals surface area contributed by atoms with E-state index in [4.69, 9.17) is 9.15 Å². The molecule has 2 heterocycles. The molecule has 31 heavy (non-hydrogen) atoms. The van der Waals surface area contributed by atoms with E-state index in [9.17, 15) is 19.2 Å². The number of carbonyl (C=O) groups is 4. The van der Waals surface area contributed by atoms with Crippen LogP contribution in [0.25, 0.3) is 0 Å². The van der Waals surface area contributed by atoms with Crippen molar-refractivity contribution in [3.05, 3.63) is 53.7 Å². The van der Waals surface area contributed by atoms with E-state index in [2.05, 4.69) is 20.9 Å². The molecule has 0 saturated carbocycles. The maximum Gasteiger partial charge on any atom is 0.408 e. The second-order valence-corrected chi connectivity index (χ2v) is 7.46. The number of aromatic nitrogens is 1. The Balaban J connectivity index is 1.64. The number of hydrogen-bond acceptors (Lipinski definition) is 7. The third kappa shape index (κ3) is 5.91. The number of rotatable bonds is 6. The number of amides is 3. The molecule has 10 nitrogen and oxygen atoms in total. The largest absolute Gasteiger partial charge is 0.445 e. The van der Waals surface area contributed by atoms with Crippen molar-refractivity contribution in [1.82, 2.24) is 20.9 Å². The smallest absolute Gasteiger partial charge is 0.408 e. The SMILES string of the molecule is CC(C)C(NC(=O)OCc1ccccc1)C(=O)NC1Cc2cnc(o2)CNC(=O)C1=O. The van der Waals surface area contributed by atoms with Gasteiger partial charge in [-0.15, -0.1) is 0 Å².